The van der Waals surface area contributed by atoms with Crippen molar-refractivity contribution in [3.63, 3.8) is 0 Å². The van der Waals surface area contributed by atoms with Crippen LogP contribution < -0.4 is 10.3 Å². The lowest BCUT2D eigenvalue weighted by Crippen LogP contribution is -2.29. The predicted octanol–water partition coefficient (Wildman–Crippen LogP) is 2.34. The number of alkyl halides is 1. The molecule has 0 atom stereocenters. The molecule has 2 aromatic rings. The highest BCUT2D eigenvalue weighted by atomic mass is 79.9. The molecule has 0 aliphatic rings. The van der Waals surface area contributed by atoms with Crippen LogP contribution in [0.5, 0.6) is 5.75 Å². The van der Waals surface area contributed by atoms with Crippen LogP contribution in [0.25, 0.3) is 11.4 Å². The van der Waals surface area contributed by atoms with Crippen LogP contribution in [0.4, 0.5) is 0 Å². The molecule has 8 nitrogen and oxygen atoms in total. The summed E-state index contributed by atoms with van der Waals surface area (Å²) in [7, 11) is -2.43. The van der Waals surface area contributed by atoms with E-state index in [1.165, 1.54) is 25.2 Å². The van der Waals surface area contributed by atoms with Gasteiger partial charge in [-0.2, -0.15) is 4.31 Å². The Morgan fingerprint density at radius 1 is 1.31 bits per heavy atom. The zero-order valence-electron chi connectivity index (χ0n) is 16.7. The van der Waals surface area contributed by atoms with Crippen LogP contribution in [0.3, 0.4) is 0 Å². The van der Waals surface area contributed by atoms with Crippen LogP contribution in [-0.4, -0.2) is 59.9 Å². The number of ether oxygens (including phenoxy) is 1. The largest absolute Gasteiger partial charge is 0.493 e. The second-order valence-corrected chi connectivity index (χ2v) is 9.61. The summed E-state index contributed by atoms with van der Waals surface area (Å²) < 4.78 is 32.5. The number of likely N-dealkylation sites (N-methyl/N-ethyl adjacent to an activating group) is 1. The van der Waals surface area contributed by atoms with Gasteiger partial charge < -0.3 is 14.8 Å². The minimum absolute atomic E-state index is 0.0221. The van der Waals surface area contributed by atoms with E-state index in [1.807, 2.05) is 13.8 Å². The summed E-state index contributed by atoms with van der Waals surface area (Å²) in [4.78, 5) is 19.3. The summed E-state index contributed by atoms with van der Waals surface area (Å²) in [6.45, 7) is 3.94. The Morgan fingerprint density at radius 3 is 2.66 bits per heavy atom. The van der Waals surface area contributed by atoms with Crippen LogP contribution >= 0.6 is 15.9 Å². The first-order valence-electron chi connectivity index (χ1n) is 9.22. The van der Waals surface area contributed by atoms with Gasteiger partial charge in [-0.3, -0.25) is 4.79 Å². The Hall–Kier alpha value is -1.75. The fraction of sp³-hybridized carbons (Fsp3) is 0.474. The molecular formula is C19H26BrN3O5S. The first-order valence-corrected chi connectivity index (χ1v) is 11.8. The van der Waals surface area contributed by atoms with Gasteiger partial charge in [-0.05, 0) is 30.5 Å². The molecule has 0 saturated carbocycles. The molecule has 0 fully saturated rings. The molecule has 2 rings (SSSR count). The normalized spacial score (nSPS) is 12.0. The van der Waals surface area contributed by atoms with Crippen LogP contribution in [-0.2, 0) is 10.0 Å². The number of nitrogens with one attached hydrogen (secondary N) is 1. The van der Waals surface area contributed by atoms with E-state index in [9.17, 15) is 13.2 Å². The summed E-state index contributed by atoms with van der Waals surface area (Å²) in [6.07, 6.45) is 0.759. The lowest BCUT2D eigenvalue weighted by molar-refractivity contribution is 0.266. The summed E-state index contributed by atoms with van der Waals surface area (Å²) in [5.74, 6) is 0.701. The molecule has 2 N–H and O–H groups in total. The van der Waals surface area contributed by atoms with Gasteiger partial charge in [-0.1, -0.05) is 29.8 Å². The van der Waals surface area contributed by atoms with Gasteiger partial charge in [-0.15, -0.1) is 0 Å². The number of hydrogen-bond acceptors (Lipinski definition) is 6. The lowest BCUT2D eigenvalue weighted by Gasteiger charge is -2.18. The van der Waals surface area contributed by atoms with Gasteiger partial charge in [0.15, 0.2) is 0 Å². The van der Waals surface area contributed by atoms with E-state index in [4.69, 9.17) is 9.84 Å². The van der Waals surface area contributed by atoms with Gasteiger partial charge in [0, 0.05) is 25.0 Å². The van der Waals surface area contributed by atoms with Crippen LogP contribution in [0.1, 0.15) is 31.9 Å². The Bertz CT molecular complexity index is 992. The van der Waals surface area contributed by atoms with Crippen LogP contribution in [0, 0.1) is 0 Å². The molecular weight excluding hydrogens is 462 g/mol. The van der Waals surface area contributed by atoms with Gasteiger partial charge in [-0.25, -0.2) is 13.4 Å². The van der Waals surface area contributed by atoms with E-state index in [1.54, 1.807) is 6.07 Å². The van der Waals surface area contributed by atoms with Gasteiger partial charge in [0.25, 0.3) is 5.56 Å². The van der Waals surface area contributed by atoms with Crippen LogP contribution in [0.2, 0.25) is 0 Å². The minimum Gasteiger partial charge on any atom is -0.493 e. The number of aromatic nitrogens is 2. The molecule has 0 amide bonds. The smallest absolute Gasteiger partial charge is 0.251 e. The van der Waals surface area contributed by atoms with E-state index in [-0.39, 0.29) is 35.3 Å². The van der Waals surface area contributed by atoms with Crippen molar-refractivity contribution in [2.75, 3.05) is 32.1 Å². The quantitative estimate of drug-likeness (QED) is 0.392. The Kier molecular flexibility index (Phi) is 8.38. The highest BCUT2D eigenvalue weighted by Crippen LogP contribution is 2.31. The number of H-pyrrole nitrogens is 1. The molecule has 1 aromatic heterocycles. The van der Waals surface area contributed by atoms with E-state index < -0.39 is 10.0 Å². The number of aliphatic hydroxyl groups excluding tert-OH is 1. The predicted molar refractivity (Wildman–Crippen MR) is 115 cm³/mol. The summed E-state index contributed by atoms with van der Waals surface area (Å²) in [6, 6.07) is 5.87. The van der Waals surface area contributed by atoms with Crippen molar-refractivity contribution in [2.24, 2.45) is 0 Å². The number of sulfonamides is 1. The SMILES string of the molecule is CC(C)c1cc(=O)[nH]c(-c2cc(S(=O)(=O)N(C)CCO)ccc2OCCCBr)n1. The Morgan fingerprint density at radius 2 is 2.03 bits per heavy atom. The van der Waals surface area contributed by atoms with Gasteiger partial charge in [0.1, 0.15) is 11.6 Å². The van der Waals surface area contributed by atoms with E-state index in [0.29, 0.717) is 23.6 Å². The highest BCUT2D eigenvalue weighted by molar-refractivity contribution is 9.09. The van der Waals surface area contributed by atoms with Gasteiger partial charge in [0.05, 0.1) is 29.4 Å². The number of nitrogens with zero attached hydrogens (tertiary/aromatic N) is 2. The van der Waals surface area contributed by atoms with Crippen LogP contribution in [0.15, 0.2) is 34.0 Å². The van der Waals surface area contributed by atoms with Crippen molar-refractivity contribution in [1.82, 2.24) is 14.3 Å². The molecule has 29 heavy (non-hydrogen) atoms. The maximum absolute atomic E-state index is 12.8. The highest BCUT2D eigenvalue weighted by Gasteiger charge is 2.23. The average Bonchev–Trinajstić information content (AvgIpc) is 2.67. The van der Waals surface area contributed by atoms with Crippen molar-refractivity contribution >= 4 is 26.0 Å². The first-order chi connectivity index (χ1) is 13.7. The minimum atomic E-state index is -3.82. The van der Waals surface area contributed by atoms with Crippen molar-refractivity contribution in [1.29, 1.82) is 0 Å². The topological polar surface area (TPSA) is 113 Å². The molecule has 1 heterocycles. The van der Waals surface area contributed by atoms with Crippen molar-refractivity contribution < 1.29 is 18.3 Å². The van der Waals surface area contributed by atoms with Gasteiger partial charge >= 0.3 is 0 Å². The lowest BCUT2D eigenvalue weighted by atomic mass is 10.1. The molecule has 160 valence electrons. The second kappa shape index (κ2) is 10.3. The van der Waals surface area contributed by atoms with Crippen molar-refractivity contribution in [3.05, 3.63) is 40.3 Å². The third-order valence-electron chi connectivity index (χ3n) is 4.22. The summed E-state index contributed by atoms with van der Waals surface area (Å²) >= 11 is 3.34. The molecule has 0 saturated heterocycles. The summed E-state index contributed by atoms with van der Waals surface area (Å²) in [5.41, 5.74) is 0.661. The fourth-order valence-electron chi connectivity index (χ4n) is 2.56. The molecule has 0 aliphatic carbocycles. The average molecular weight is 488 g/mol. The third-order valence-corrected chi connectivity index (χ3v) is 6.63. The van der Waals surface area contributed by atoms with E-state index >= 15 is 0 Å². The monoisotopic (exact) mass is 487 g/mol. The number of rotatable bonds is 10. The number of halogens is 1. The fourth-order valence-corrected chi connectivity index (χ4v) is 3.98. The molecule has 0 bridgehead atoms. The standard InChI is InChI=1S/C19H26BrN3O5S/c1-13(2)16-12-18(25)22-19(21-16)15-11-14(29(26,27)23(3)8-9-24)5-6-17(15)28-10-4-7-20/h5-6,11-13,24H,4,7-10H2,1-3H3,(H,21,22,25). The first kappa shape index (κ1) is 23.5. The zero-order valence-corrected chi connectivity index (χ0v) is 19.1. The Labute approximate surface area is 179 Å². The maximum atomic E-state index is 12.8. The molecule has 0 radical (unpaired) electrons. The summed E-state index contributed by atoms with van der Waals surface area (Å²) in [5, 5.41) is 9.84. The van der Waals surface area contributed by atoms with E-state index in [0.717, 1.165) is 16.1 Å². The second-order valence-electron chi connectivity index (χ2n) is 6.77. The number of hydrogen-bond donors (Lipinski definition) is 2. The maximum Gasteiger partial charge on any atom is 0.251 e. The number of aliphatic hydroxyl groups is 1. The third kappa shape index (κ3) is 5.88. The number of aromatic amines is 1. The molecule has 0 aliphatic heterocycles. The Balaban J connectivity index is 2.62. The molecule has 1 aromatic carbocycles. The number of benzene rings is 1. The van der Waals surface area contributed by atoms with E-state index in [2.05, 4.69) is 25.9 Å². The van der Waals surface area contributed by atoms with Crippen molar-refractivity contribution in [2.45, 2.75) is 31.1 Å². The zero-order chi connectivity index (χ0) is 21.6. The molecule has 10 heteroatoms. The molecule has 0 spiro atoms. The molecule has 0 unspecified atom stereocenters. The van der Waals surface area contributed by atoms with Gasteiger partial charge in [0.2, 0.25) is 10.0 Å². The van der Waals surface area contributed by atoms with Crippen molar-refractivity contribution in [3.8, 4) is 17.1 Å².